The normalized spacial score (nSPS) is 19.5. The van der Waals surface area contributed by atoms with Gasteiger partial charge in [0, 0.05) is 43.4 Å². The summed E-state index contributed by atoms with van der Waals surface area (Å²) >= 11 is 3.46. The molecule has 5 heteroatoms. The minimum absolute atomic E-state index is 0.285. The lowest BCUT2D eigenvalue weighted by molar-refractivity contribution is -0.127. The van der Waals surface area contributed by atoms with E-state index in [9.17, 15) is 4.79 Å². The number of imidazole rings is 1. The number of carbonyl (C=O) groups is 1. The van der Waals surface area contributed by atoms with Crippen LogP contribution in [0.3, 0.4) is 0 Å². The van der Waals surface area contributed by atoms with Gasteiger partial charge in [-0.3, -0.25) is 4.79 Å². The van der Waals surface area contributed by atoms with Crippen molar-refractivity contribution in [3.63, 3.8) is 0 Å². The summed E-state index contributed by atoms with van der Waals surface area (Å²) < 4.78 is 2.02. The number of likely N-dealkylation sites (tertiary alicyclic amines) is 1. The van der Waals surface area contributed by atoms with E-state index in [1.54, 1.807) is 6.20 Å². The summed E-state index contributed by atoms with van der Waals surface area (Å²) in [5, 5.41) is 0.913. The maximum Gasteiger partial charge on any atom is 0.222 e. The summed E-state index contributed by atoms with van der Waals surface area (Å²) in [6.45, 7) is 1.69. The summed E-state index contributed by atoms with van der Waals surface area (Å²) in [6, 6.07) is 4.10. The zero-order valence-corrected chi connectivity index (χ0v) is 12.2. The van der Waals surface area contributed by atoms with Crippen LogP contribution < -0.4 is 0 Å². The van der Waals surface area contributed by atoms with Crippen LogP contribution in [0.15, 0.2) is 30.7 Å². The molecular weight excluding hydrogens is 306 g/mol. The van der Waals surface area contributed by atoms with Crippen molar-refractivity contribution < 1.29 is 4.79 Å². The monoisotopic (exact) mass is 321 g/mol. The Morgan fingerprint density at radius 3 is 3.11 bits per heavy atom. The molecule has 0 radical (unpaired) electrons. The van der Waals surface area contributed by atoms with Gasteiger partial charge in [-0.05, 0) is 24.0 Å². The first kappa shape index (κ1) is 12.7. The first-order valence-electron chi connectivity index (χ1n) is 6.51. The third-order valence-corrected chi connectivity index (χ3v) is 4.55. The van der Waals surface area contributed by atoms with Gasteiger partial charge in [-0.15, -0.1) is 0 Å². The number of hydrogen-bond acceptors (Lipinski definition) is 2. The van der Waals surface area contributed by atoms with E-state index in [0.717, 1.165) is 30.5 Å². The van der Waals surface area contributed by atoms with Crippen molar-refractivity contribution in [2.24, 2.45) is 5.92 Å². The van der Waals surface area contributed by atoms with Gasteiger partial charge in [0.15, 0.2) is 0 Å². The number of nitrogens with zero attached hydrogens (tertiary/aromatic N) is 3. The van der Waals surface area contributed by atoms with E-state index in [1.165, 1.54) is 5.56 Å². The second-order valence-electron chi connectivity index (χ2n) is 5.04. The van der Waals surface area contributed by atoms with Gasteiger partial charge in [0.2, 0.25) is 5.91 Å². The molecule has 1 saturated heterocycles. The molecule has 2 aromatic rings. The van der Waals surface area contributed by atoms with Crippen molar-refractivity contribution in [1.29, 1.82) is 0 Å². The van der Waals surface area contributed by atoms with Gasteiger partial charge >= 0.3 is 0 Å². The highest BCUT2D eigenvalue weighted by molar-refractivity contribution is 9.09. The molecule has 19 heavy (non-hydrogen) atoms. The van der Waals surface area contributed by atoms with Crippen LogP contribution in [0.5, 0.6) is 0 Å². The van der Waals surface area contributed by atoms with Crippen LogP contribution in [0.4, 0.5) is 0 Å². The molecule has 0 bridgehead atoms. The summed E-state index contributed by atoms with van der Waals surface area (Å²) in [7, 11) is 0. The van der Waals surface area contributed by atoms with Crippen LogP contribution in [-0.4, -0.2) is 38.6 Å². The fourth-order valence-electron chi connectivity index (χ4n) is 2.55. The molecule has 1 atom stereocenters. The standard InChI is InChI=1S/C14H16BrN3O/c15-8-12-7-14(19)18(10-12)5-3-11-1-2-13-16-4-6-17(13)9-11/h1-2,4,6,9,12H,3,5,7-8,10H2. The average molecular weight is 322 g/mol. The first-order valence-corrected chi connectivity index (χ1v) is 7.64. The molecule has 0 N–H and O–H groups in total. The minimum Gasteiger partial charge on any atom is -0.342 e. The number of rotatable bonds is 4. The Hall–Kier alpha value is -1.36. The molecule has 3 heterocycles. The van der Waals surface area contributed by atoms with Gasteiger partial charge in [-0.1, -0.05) is 22.0 Å². The highest BCUT2D eigenvalue weighted by Gasteiger charge is 2.28. The SMILES string of the molecule is O=C1CC(CBr)CN1CCc1ccc2nccn2c1. The Bertz CT molecular complexity index is 595. The number of fused-ring (bicyclic) bond motifs is 1. The average Bonchev–Trinajstić information content (AvgIpc) is 3.02. The zero-order chi connectivity index (χ0) is 13.2. The molecule has 1 fully saturated rings. The molecule has 1 aliphatic rings. The van der Waals surface area contributed by atoms with Crippen molar-refractivity contribution in [2.75, 3.05) is 18.4 Å². The van der Waals surface area contributed by atoms with Gasteiger partial charge in [0.05, 0.1) is 0 Å². The van der Waals surface area contributed by atoms with E-state index in [4.69, 9.17) is 0 Å². The third kappa shape index (κ3) is 2.66. The molecule has 1 aliphatic heterocycles. The highest BCUT2D eigenvalue weighted by atomic mass is 79.9. The second-order valence-corrected chi connectivity index (χ2v) is 5.69. The molecule has 1 amide bonds. The van der Waals surface area contributed by atoms with E-state index in [2.05, 4.69) is 33.2 Å². The van der Waals surface area contributed by atoms with Crippen molar-refractivity contribution >= 4 is 27.5 Å². The van der Waals surface area contributed by atoms with Crippen LogP contribution in [0, 0.1) is 5.92 Å². The Labute approximate surface area is 120 Å². The van der Waals surface area contributed by atoms with Crippen molar-refractivity contribution in [1.82, 2.24) is 14.3 Å². The lowest BCUT2D eigenvalue weighted by atomic mass is 10.2. The largest absolute Gasteiger partial charge is 0.342 e. The number of aromatic nitrogens is 2. The number of hydrogen-bond donors (Lipinski definition) is 0. The molecule has 3 rings (SSSR count). The van der Waals surface area contributed by atoms with Crippen molar-refractivity contribution in [2.45, 2.75) is 12.8 Å². The number of carbonyl (C=O) groups excluding carboxylic acids is 1. The molecule has 4 nitrogen and oxygen atoms in total. The fraction of sp³-hybridized carbons (Fsp3) is 0.429. The van der Waals surface area contributed by atoms with Crippen molar-refractivity contribution in [3.8, 4) is 0 Å². The summed E-state index contributed by atoms with van der Waals surface area (Å²) in [5.41, 5.74) is 2.20. The van der Waals surface area contributed by atoms with E-state index in [1.807, 2.05) is 21.6 Å². The smallest absolute Gasteiger partial charge is 0.222 e. The summed E-state index contributed by atoms with van der Waals surface area (Å²) in [6.07, 6.45) is 7.41. The molecule has 0 aliphatic carbocycles. The Kier molecular flexibility index (Phi) is 3.55. The molecule has 0 aromatic carbocycles. The van der Waals surface area contributed by atoms with Crippen LogP contribution >= 0.6 is 15.9 Å². The topological polar surface area (TPSA) is 37.6 Å². The van der Waals surface area contributed by atoms with Gasteiger partial charge in [0.25, 0.3) is 0 Å². The Balaban J connectivity index is 1.64. The molecule has 100 valence electrons. The van der Waals surface area contributed by atoms with Gasteiger partial charge in [-0.25, -0.2) is 4.98 Å². The summed E-state index contributed by atoms with van der Waals surface area (Å²) in [4.78, 5) is 18.0. The molecule has 1 unspecified atom stereocenters. The van der Waals surface area contributed by atoms with E-state index >= 15 is 0 Å². The second kappa shape index (κ2) is 5.33. The molecule has 0 spiro atoms. The number of pyridine rings is 1. The molecule has 2 aromatic heterocycles. The lowest BCUT2D eigenvalue weighted by Gasteiger charge is -2.16. The fourth-order valence-corrected chi connectivity index (χ4v) is 2.99. The van der Waals surface area contributed by atoms with Crippen LogP contribution in [0.1, 0.15) is 12.0 Å². The quantitative estimate of drug-likeness (QED) is 0.809. The number of amides is 1. The first-order chi connectivity index (χ1) is 9.26. The predicted octanol–water partition coefficient (Wildman–Crippen LogP) is 2.12. The van der Waals surface area contributed by atoms with Gasteiger partial charge in [0.1, 0.15) is 5.65 Å². The molecule has 0 saturated carbocycles. The van der Waals surface area contributed by atoms with Crippen LogP contribution in [0.25, 0.3) is 5.65 Å². The van der Waals surface area contributed by atoms with E-state index < -0.39 is 0 Å². The number of halogens is 1. The van der Waals surface area contributed by atoms with Crippen LogP contribution in [-0.2, 0) is 11.2 Å². The lowest BCUT2D eigenvalue weighted by Crippen LogP contribution is -2.27. The Morgan fingerprint density at radius 2 is 2.32 bits per heavy atom. The van der Waals surface area contributed by atoms with E-state index in [0.29, 0.717) is 12.3 Å². The highest BCUT2D eigenvalue weighted by Crippen LogP contribution is 2.19. The van der Waals surface area contributed by atoms with Crippen molar-refractivity contribution in [3.05, 3.63) is 36.3 Å². The maximum atomic E-state index is 11.8. The third-order valence-electron chi connectivity index (χ3n) is 3.63. The maximum absolute atomic E-state index is 11.8. The van der Waals surface area contributed by atoms with Crippen LogP contribution in [0.2, 0.25) is 0 Å². The van der Waals surface area contributed by atoms with Gasteiger partial charge in [-0.2, -0.15) is 0 Å². The zero-order valence-electron chi connectivity index (χ0n) is 10.6. The number of alkyl halides is 1. The Morgan fingerprint density at radius 1 is 1.42 bits per heavy atom. The minimum atomic E-state index is 0.285. The van der Waals surface area contributed by atoms with Gasteiger partial charge < -0.3 is 9.30 Å². The summed E-state index contributed by atoms with van der Waals surface area (Å²) in [5.74, 6) is 0.761. The predicted molar refractivity (Wildman–Crippen MR) is 77.4 cm³/mol. The van der Waals surface area contributed by atoms with E-state index in [-0.39, 0.29) is 5.91 Å². The molecular formula is C14H16BrN3O.